The number of sulfone groups is 1. The highest BCUT2D eigenvalue weighted by Gasteiger charge is 2.28. The molecule has 2 heterocycles. The van der Waals surface area contributed by atoms with Gasteiger partial charge in [0.05, 0.1) is 22.7 Å². The Bertz CT molecular complexity index is 1120. The first-order chi connectivity index (χ1) is 14.8. The Hall–Kier alpha value is -2.59. The number of hydrogen-bond acceptors (Lipinski definition) is 6. The van der Waals surface area contributed by atoms with Crippen LogP contribution >= 0.6 is 11.6 Å². The fourth-order valence-corrected chi connectivity index (χ4v) is 4.33. The number of halogens is 1. The number of nitrogens with one attached hydrogen (secondary N) is 1. The molecular formula is C21H27ClN4O5S. The summed E-state index contributed by atoms with van der Waals surface area (Å²) in [7, 11) is -3.47. The van der Waals surface area contributed by atoms with Crippen LogP contribution in [0, 0.1) is 0 Å². The van der Waals surface area contributed by atoms with E-state index in [1.165, 1.54) is 24.4 Å². The fraction of sp³-hybridized carbons (Fsp3) is 0.476. The number of ether oxygens (including phenoxy) is 1. The van der Waals surface area contributed by atoms with Crippen molar-refractivity contribution < 1.29 is 22.7 Å². The van der Waals surface area contributed by atoms with E-state index in [2.05, 4.69) is 10.4 Å². The van der Waals surface area contributed by atoms with Crippen LogP contribution in [0.5, 0.6) is 0 Å². The number of rotatable bonds is 4. The number of aromatic nitrogens is 2. The van der Waals surface area contributed by atoms with Gasteiger partial charge in [-0.25, -0.2) is 13.2 Å². The molecule has 1 N–H and O–H groups in total. The minimum Gasteiger partial charge on any atom is -0.444 e. The maximum Gasteiger partial charge on any atom is 0.410 e. The molecule has 0 saturated carbocycles. The molecular weight excluding hydrogens is 456 g/mol. The normalized spacial score (nSPS) is 15.5. The molecule has 2 aromatic rings. The molecule has 1 aromatic carbocycles. The van der Waals surface area contributed by atoms with E-state index < -0.39 is 21.3 Å². The number of anilines is 1. The number of benzene rings is 1. The molecule has 174 valence electrons. The first-order valence-electron chi connectivity index (χ1n) is 10.2. The Kier molecular flexibility index (Phi) is 6.85. The van der Waals surface area contributed by atoms with Gasteiger partial charge in [-0.15, -0.1) is 0 Å². The Morgan fingerprint density at radius 2 is 1.84 bits per heavy atom. The third-order valence-electron chi connectivity index (χ3n) is 4.91. The maximum absolute atomic E-state index is 12.6. The van der Waals surface area contributed by atoms with E-state index in [1.807, 2.05) is 20.8 Å². The lowest BCUT2D eigenvalue weighted by atomic mass is 10.1. The van der Waals surface area contributed by atoms with E-state index in [4.69, 9.17) is 16.3 Å². The number of likely N-dealkylation sites (tertiary alicyclic amines) is 1. The lowest BCUT2D eigenvalue weighted by Crippen LogP contribution is -2.42. The Balaban J connectivity index is 1.62. The fourth-order valence-electron chi connectivity index (χ4n) is 3.35. The van der Waals surface area contributed by atoms with Crippen LogP contribution < -0.4 is 5.32 Å². The molecule has 2 amide bonds. The number of nitrogens with zero attached hydrogens (tertiary/aromatic N) is 3. The average Bonchev–Trinajstić information content (AvgIpc) is 3.16. The van der Waals surface area contributed by atoms with Gasteiger partial charge in [0.15, 0.2) is 9.84 Å². The summed E-state index contributed by atoms with van der Waals surface area (Å²) in [5, 5.41) is 7.17. The van der Waals surface area contributed by atoms with Crippen LogP contribution in [0.2, 0.25) is 5.02 Å². The zero-order valence-electron chi connectivity index (χ0n) is 18.5. The highest BCUT2D eigenvalue weighted by Crippen LogP contribution is 2.25. The van der Waals surface area contributed by atoms with Gasteiger partial charge in [0.1, 0.15) is 5.60 Å². The van der Waals surface area contributed by atoms with Crippen molar-refractivity contribution in [3.8, 4) is 0 Å². The molecule has 1 fully saturated rings. The highest BCUT2D eigenvalue weighted by molar-refractivity contribution is 7.90. The Labute approximate surface area is 192 Å². The van der Waals surface area contributed by atoms with Crippen LogP contribution in [0.1, 0.15) is 50.0 Å². The van der Waals surface area contributed by atoms with Crippen molar-refractivity contribution in [2.24, 2.45) is 0 Å². The third-order valence-corrected chi connectivity index (χ3v) is 6.22. The van der Waals surface area contributed by atoms with E-state index in [1.54, 1.807) is 15.8 Å². The molecule has 1 aromatic heterocycles. The van der Waals surface area contributed by atoms with Gasteiger partial charge in [0, 0.05) is 36.3 Å². The summed E-state index contributed by atoms with van der Waals surface area (Å²) >= 11 is 5.99. The van der Waals surface area contributed by atoms with E-state index >= 15 is 0 Å². The van der Waals surface area contributed by atoms with Crippen LogP contribution in [0.4, 0.5) is 10.5 Å². The van der Waals surface area contributed by atoms with Crippen molar-refractivity contribution in [2.45, 2.75) is 50.2 Å². The summed E-state index contributed by atoms with van der Waals surface area (Å²) in [6.45, 7) is 6.58. The molecule has 9 nitrogen and oxygen atoms in total. The van der Waals surface area contributed by atoms with Gasteiger partial charge in [-0.2, -0.15) is 5.10 Å². The second kappa shape index (κ2) is 9.11. The minimum absolute atomic E-state index is 0.0211. The summed E-state index contributed by atoms with van der Waals surface area (Å²) in [4.78, 5) is 26.5. The largest absolute Gasteiger partial charge is 0.444 e. The average molecular weight is 483 g/mol. The third kappa shape index (κ3) is 6.23. The number of piperidine rings is 1. The Morgan fingerprint density at radius 1 is 1.19 bits per heavy atom. The summed E-state index contributed by atoms with van der Waals surface area (Å²) in [6, 6.07) is 4.22. The Morgan fingerprint density at radius 3 is 2.44 bits per heavy atom. The summed E-state index contributed by atoms with van der Waals surface area (Å²) in [6.07, 6.45) is 5.22. The van der Waals surface area contributed by atoms with E-state index in [9.17, 15) is 18.0 Å². The van der Waals surface area contributed by atoms with Crippen molar-refractivity contribution >= 4 is 39.1 Å². The second-order valence-electron chi connectivity index (χ2n) is 8.81. The van der Waals surface area contributed by atoms with Gasteiger partial charge >= 0.3 is 6.09 Å². The molecule has 3 rings (SSSR count). The highest BCUT2D eigenvalue weighted by atomic mass is 35.5. The van der Waals surface area contributed by atoms with Gasteiger partial charge in [0.2, 0.25) is 0 Å². The van der Waals surface area contributed by atoms with Crippen molar-refractivity contribution in [2.75, 3.05) is 24.7 Å². The molecule has 0 spiro atoms. The molecule has 1 aliphatic heterocycles. The maximum atomic E-state index is 12.6. The van der Waals surface area contributed by atoms with E-state index in [0.29, 0.717) is 31.5 Å². The molecule has 32 heavy (non-hydrogen) atoms. The van der Waals surface area contributed by atoms with E-state index in [-0.39, 0.29) is 27.7 Å². The van der Waals surface area contributed by atoms with E-state index in [0.717, 1.165) is 6.26 Å². The summed E-state index contributed by atoms with van der Waals surface area (Å²) < 4.78 is 30.7. The minimum atomic E-state index is -3.47. The van der Waals surface area contributed by atoms with Crippen molar-refractivity contribution in [3.63, 3.8) is 0 Å². The summed E-state index contributed by atoms with van der Waals surface area (Å²) in [5.74, 6) is -0.427. The molecule has 0 unspecified atom stereocenters. The molecule has 0 radical (unpaired) electrons. The quantitative estimate of drug-likeness (QED) is 0.710. The number of amides is 2. The first-order valence-corrected chi connectivity index (χ1v) is 12.4. The van der Waals surface area contributed by atoms with Crippen LogP contribution in [0.25, 0.3) is 0 Å². The molecule has 11 heteroatoms. The zero-order valence-corrected chi connectivity index (χ0v) is 20.0. The second-order valence-corrected chi connectivity index (χ2v) is 11.3. The van der Waals surface area contributed by atoms with Crippen LogP contribution in [0.3, 0.4) is 0 Å². The van der Waals surface area contributed by atoms with Gasteiger partial charge in [0.25, 0.3) is 5.91 Å². The predicted octanol–water partition coefficient (Wildman–Crippen LogP) is 3.76. The van der Waals surface area contributed by atoms with Crippen molar-refractivity contribution in [1.29, 1.82) is 0 Å². The van der Waals surface area contributed by atoms with Crippen LogP contribution in [-0.4, -0.2) is 60.0 Å². The van der Waals surface area contributed by atoms with Crippen molar-refractivity contribution in [3.05, 3.63) is 41.2 Å². The van der Waals surface area contributed by atoms with Gasteiger partial charge < -0.3 is 15.0 Å². The lowest BCUT2D eigenvalue weighted by molar-refractivity contribution is 0.0184. The molecule has 1 aliphatic rings. The van der Waals surface area contributed by atoms with Crippen LogP contribution in [-0.2, 0) is 14.6 Å². The van der Waals surface area contributed by atoms with Gasteiger partial charge in [-0.05, 0) is 51.8 Å². The number of hydrogen-bond donors (Lipinski definition) is 1. The van der Waals surface area contributed by atoms with Gasteiger partial charge in [-0.1, -0.05) is 11.6 Å². The lowest BCUT2D eigenvalue weighted by Gasteiger charge is -2.33. The number of carbonyl (C=O) groups is 2. The SMILES string of the molecule is CC(C)(C)OC(=O)N1CCC(n2cc(C(=O)Nc3cc(Cl)cc(S(C)(=O)=O)c3)cn2)CC1. The molecule has 0 aliphatic carbocycles. The number of carbonyl (C=O) groups excluding carboxylic acids is 2. The molecule has 0 atom stereocenters. The van der Waals surface area contributed by atoms with Crippen molar-refractivity contribution in [1.82, 2.24) is 14.7 Å². The zero-order chi connectivity index (χ0) is 23.7. The van der Waals surface area contributed by atoms with Crippen LogP contribution in [0.15, 0.2) is 35.5 Å². The standard InChI is InChI=1S/C21H27ClN4O5S/c1-21(2,3)31-20(28)25-7-5-17(6-8-25)26-13-14(12-23-26)19(27)24-16-9-15(22)10-18(11-16)32(4,29)30/h9-13,17H,5-8H2,1-4H3,(H,24,27). The predicted molar refractivity (Wildman–Crippen MR) is 121 cm³/mol. The molecule has 1 saturated heterocycles. The summed E-state index contributed by atoms with van der Waals surface area (Å²) in [5.41, 5.74) is 0.0743. The molecule has 0 bridgehead atoms. The monoisotopic (exact) mass is 482 g/mol. The smallest absolute Gasteiger partial charge is 0.410 e. The first kappa shape index (κ1) is 24.1. The van der Waals surface area contributed by atoms with Gasteiger partial charge in [-0.3, -0.25) is 9.48 Å². The topological polar surface area (TPSA) is 111 Å².